The van der Waals surface area contributed by atoms with Crippen molar-refractivity contribution in [1.29, 1.82) is 0 Å². The number of amides is 1. The van der Waals surface area contributed by atoms with Gasteiger partial charge in [-0.1, -0.05) is 6.07 Å². The van der Waals surface area contributed by atoms with Gasteiger partial charge in [0.2, 0.25) is 5.91 Å². The third kappa shape index (κ3) is 4.57. The maximum atomic E-state index is 12.1. The van der Waals surface area contributed by atoms with Crippen molar-refractivity contribution < 1.29 is 14.3 Å². The van der Waals surface area contributed by atoms with Crippen molar-refractivity contribution in [3.8, 4) is 0 Å². The molecule has 1 aliphatic heterocycles. The Morgan fingerprint density at radius 2 is 2.26 bits per heavy atom. The van der Waals surface area contributed by atoms with Gasteiger partial charge in [-0.3, -0.25) is 9.78 Å². The van der Waals surface area contributed by atoms with E-state index in [2.05, 4.69) is 20.5 Å². The summed E-state index contributed by atoms with van der Waals surface area (Å²) < 4.78 is 13.0. The van der Waals surface area contributed by atoms with Crippen LogP contribution in [-0.2, 0) is 27.4 Å². The Kier molecular flexibility index (Phi) is 5.28. The van der Waals surface area contributed by atoms with Gasteiger partial charge in [0.15, 0.2) is 0 Å². The number of nitrogens with zero attached hydrogens (tertiary/aromatic N) is 4. The molecule has 1 N–H and O–H groups in total. The van der Waals surface area contributed by atoms with Crippen molar-refractivity contribution in [2.45, 2.75) is 31.7 Å². The highest BCUT2D eigenvalue weighted by molar-refractivity contribution is 5.76. The summed E-state index contributed by atoms with van der Waals surface area (Å²) in [6.07, 6.45) is 5.40. The van der Waals surface area contributed by atoms with Crippen LogP contribution >= 0.6 is 0 Å². The first-order chi connectivity index (χ1) is 11.3. The third-order valence-electron chi connectivity index (χ3n) is 3.60. The molecule has 1 amide bonds. The molecule has 1 fully saturated rings. The Morgan fingerprint density at radius 1 is 1.39 bits per heavy atom. The normalized spacial score (nSPS) is 21.0. The molecule has 122 valence electrons. The van der Waals surface area contributed by atoms with Crippen LogP contribution in [0.15, 0.2) is 37.1 Å². The summed E-state index contributed by atoms with van der Waals surface area (Å²) in [4.78, 5) is 16.3. The smallest absolute Gasteiger partial charge is 0.240 e. The van der Waals surface area contributed by atoms with Crippen LogP contribution in [0.25, 0.3) is 0 Å². The van der Waals surface area contributed by atoms with E-state index in [1.807, 2.05) is 18.2 Å². The Morgan fingerprint density at radius 3 is 3.04 bits per heavy atom. The van der Waals surface area contributed by atoms with Gasteiger partial charge in [-0.05, 0) is 18.6 Å². The van der Waals surface area contributed by atoms with E-state index >= 15 is 0 Å². The van der Waals surface area contributed by atoms with Gasteiger partial charge in [0, 0.05) is 12.8 Å². The van der Waals surface area contributed by atoms with Crippen molar-refractivity contribution in [3.05, 3.63) is 42.7 Å². The van der Waals surface area contributed by atoms with Crippen molar-refractivity contribution in [2.24, 2.45) is 0 Å². The van der Waals surface area contributed by atoms with Crippen LogP contribution in [0.5, 0.6) is 0 Å². The third-order valence-corrected chi connectivity index (χ3v) is 3.60. The molecule has 8 nitrogen and oxygen atoms in total. The summed E-state index contributed by atoms with van der Waals surface area (Å²) in [5, 5.41) is 10.3. The van der Waals surface area contributed by atoms with Gasteiger partial charge >= 0.3 is 0 Å². The molecule has 2 aromatic heterocycles. The molecule has 3 rings (SSSR count). The fourth-order valence-electron chi connectivity index (χ4n) is 2.45. The molecule has 0 saturated carbocycles. The van der Waals surface area contributed by atoms with Crippen molar-refractivity contribution in [1.82, 2.24) is 25.1 Å². The Balaban J connectivity index is 1.52. The highest BCUT2D eigenvalue weighted by Crippen LogP contribution is 2.14. The fraction of sp³-hybridized carbons (Fsp3) is 0.467. The second-order valence-corrected chi connectivity index (χ2v) is 5.34. The number of carbonyl (C=O) groups is 1. The van der Waals surface area contributed by atoms with E-state index in [4.69, 9.17) is 9.47 Å². The lowest BCUT2D eigenvalue weighted by atomic mass is 10.1. The minimum absolute atomic E-state index is 0.0874. The minimum atomic E-state index is -0.170. The van der Waals surface area contributed by atoms with Gasteiger partial charge in [0.1, 0.15) is 19.2 Å². The van der Waals surface area contributed by atoms with E-state index in [9.17, 15) is 4.79 Å². The topological polar surface area (TPSA) is 91.2 Å². The van der Waals surface area contributed by atoms with Crippen molar-refractivity contribution in [2.75, 3.05) is 13.2 Å². The van der Waals surface area contributed by atoms with E-state index < -0.39 is 0 Å². The molecule has 0 unspecified atom stereocenters. The van der Waals surface area contributed by atoms with Crippen LogP contribution in [-0.4, -0.2) is 51.0 Å². The number of ether oxygens (including phenoxy) is 2. The van der Waals surface area contributed by atoms with Crippen molar-refractivity contribution in [3.63, 3.8) is 0 Å². The fourth-order valence-corrected chi connectivity index (χ4v) is 2.45. The molecular formula is C15H19N5O3. The van der Waals surface area contributed by atoms with Gasteiger partial charge < -0.3 is 19.4 Å². The molecule has 3 heterocycles. The average molecular weight is 317 g/mol. The minimum Gasteiger partial charge on any atom is -0.379 e. The summed E-state index contributed by atoms with van der Waals surface area (Å²) in [6, 6.07) is 5.54. The van der Waals surface area contributed by atoms with E-state index in [1.165, 1.54) is 12.7 Å². The van der Waals surface area contributed by atoms with E-state index in [0.717, 1.165) is 12.1 Å². The van der Waals surface area contributed by atoms with Gasteiger partial charge in [0.25, 0.3) is 0 Å². The standard InChI is InChI=1S/C15H19N5O3/c21-15(7-20-10-17-18-11-20)19-13-9-22-6-4-14(13)23-8-12-3-1-2-5-16-12/h1-3,5,10-11,13-14H,4,6-9H2,(H,19,21)/t13-,14-/m1/s1. The Labute approximate surface area is 133 Å². The molecule has 2 aromatic rings. The first-order valence-corrected chi connectivity index (χ1v) is 7.52. The summed E-state index contributed by atoms with van der Waals surface area (Å²) in [6.45, 7) is 1.67. The maximum absolute atomic E-state index is 12.1. The monoisotopic (exact) mass is 317 g/mol. The van der Waals surface area contributed by atoms with Crippen LogP contribution in [0.3, 0.4) is 0 Å². The zero-order chi connectivity index (χ0) is 15.9. The number of rotatable bonds is 6. The molecule has 1 aliphatic rings. The molecule has 8 heteroatoms. The van der Waals surface area contributed by atoms with Crippen LogP contribution in [0.2, 0.25) is 0 Å². The summed E-state index contributed by atoms with van der Waals surface area (Å²) in [5.74, 6) is -0.119. The van der Waals surface area contributed by atoms with Crippen molar-refractivity contribution >= 4 is 5.91 Å². The summed E-state index contributed by atoms with van der Waals surface area (Å²) in [7, 11) is 0. The SMILES string of the molecule is O=C(Cn1cnnc1)N[C@@H]1COCC[C@H]1OCc1ccccn1. The van der Waals surface area contributed by atoms with Gasteiger partial charge in [-0.2, -0.15) is 0 Å². The lowest BCUT2D eigenvalue weighted by Crippen LogP contribution is -2.51. The summed E-state index contributed by atoms with van der Waals surface area (Å²) >= 11 is 0. The maximum Gasteiger partial charge on any atom is 0.240 e. The first-order valence-electron chi connectivity index (χ1n) is 7.52. The molecule has 0 bridgehead atoms. The highest BCUT2D eigenvalue weighted by atomic mass is 16.5. The van der Waals surface area contributed by atoms with Gasteiger partial charge in [-0.15, -0.1) is 10.2 Å². The van der Waals surface area contributed by atoms with E-state index in [-0.39, 0.29) is 24.6 Å². The number of nitrogens with one attached hydrogen (secondary N) is 1. The average Bonchev–Trinajstić information content (AvgIpc) is 3.08. The molecule has 1 saturated heterocycles. The van der Waals surface area contributed by atoms with E-state index in [1.54, 1.807) is 10.8 Å². The predicted octanol–water partition coefficient (Wildman–Crippen LogP) is 0.164. The summed E-state index contributed by atoms with van der Waals surface area (Å²) in [5.41, 5.74) is 0.869. The zero-order valence-electron chi connectivity index (χ0n) is 12.7. The van der Waals surface area contributed by atoms with Crippen LogP contribution in [0.4, 0.5) is 0 Å². The molecular weight excluding hydrogens is 298 g/mol. The van der Waals surface area contributed by atoms with Gasteiger partial charge in [0.05, 0.1) is 31.1 Å². The largest absolute Gasteiger partial charge is 0.379 e. The molecule has 0 aliphatic carbocycles. The van der Waals surface area contributed by atoms with Crippen LogP contribution in [0.1, 0.15) is 12.1 Å². The van der Waals surface area contributed by atoms with Gasteiger partial charge in [-0.25, -0.2) is 0 Å². The quantitative estimate of drug-likeness (QED) is 0.816. The number of aromatic nitrogens is 4. The molecule has 2 atom stereocenters. The Hall–Kier alpha value is -2.32. The zero-order valence-corrected chi connectivity index (χ0v) is 12.7. The van der Waals surface area contributed by atoms with Crippen LogP contribution in [0, 0.1) is 0 Å². The predicted molar refractivity (Wildman–Crippen MR) is 80.2 cm³/mol. The van der Waals surface area contributed by atoms with Crippen LogP contribution < -0.4 is 5.32 Å². The van der Waals surface area contributed by atoms with E-state index in [0.29, 0.717) is 19.8 Å². The highest BCUT2D eigenvalue weighted by Gasteiger charge is 2.28. The lowest BCUT2D eigenvalue weighted by Gasteiger charge is -2.32. The molecule has 0 aromatic carbocycles. The number of carbonyl (C=O) groups excluding carboxylic acids is 1. The first kappa shape index (κ1) is 15.6. The number of hydrogen-bond donors (Lipinski definition) is 1. The lowest BCUT2D eigenvalue weighted by molar-refractivity contribution is -0.127. The second kappa shape index (κ2) is 7.80. The molecule has 23 heavy (non-hydrogen) atoms. The molecule has 0 spiro atoms. The number of pyridine rings is 1. The molecule has 0 radical (unpaired) electrons. The number of hydrogen-bond acceptors (Lipinski definition) is 6. The Bertz CT molecular complexity index is 605. The second-order valence-electron chi connectivity index (χ2n) is 5.34.